The number of aryl methyl sites for hydroxylation is 1. The number of carbonyl (C=O) groups excluding carboxylic acids is 1. The lowest BCUT2D eigenvalue weighted by atomic mass is 9.97. The summed E-state index contributed by atoms with van der Waals surface area (Å²) >= 11 is 0. The van der Waals surface area contributed by atoms with Gasteiger partial charge in [-0.2, -0.15) is 5.10 Å². The topological polar surface area (TPSA) is 63.8 Å². The maximum Gasteiger partial charge on any atom is 0.337 e. The lowest BCUT2D eigenvalue weighted by Gasteiger charge is -2.09. The van der Waals surface area contributed by atoms with Crippen molar-refractivity contribution in [3.8, 4) is 11.3 Å². The summed E-state index contributed by atoms with van der Waals surface area (Å²) in [6.45, 7) is 1.90. The molecular formula is C24H22N2O3. The van der Waals surface area contributed by atoms with Crippen molar-refractivity contribution in [1.82, 2.24) is 9.61 Å². The quantitative estimate of drug-likeness (QED) is 0.523. The van der Waals surface area contributed by atoms with Crippen LogP contribution in [-0.2, 0) is 17.8 Å². The predicted octanol–water partition coefficient (Wildman–Crippen LogP) is 4.18. The summed E-state index contributed by atoms with van der Waals surface area (Å²) in [5.74, 6) is -0.416. The van der Waals surface area contributed by atoms with Crippen LogP contribution in [0.2, 0.25) is 0 Å². The number of aliphatic hydroxyl groups excluding tert-OH is 1. The minimum atomic E-state index is -0.416. The van der Waals surface area contributed by atoms with Gasteiger partial charge in [-0.15, -0.1) is 0 Å². The highest BCUT2D eigenvalue weighted by atomic mass is 16.5. The first-order valence-electron chi connectivity index (χ1n) is 9.44. The van der Waals surface area contributed by atoms with E-state index >= 15 is 0 Å². The van der Waals surface area contributed by atoms with Gasteiger partial charge in [-0.05, 0) is 41.8 Å². The van der Waals surface area contributed by atoms with Gasteiger partial charge in [-0.3, -0.25) is 0 Å². The third kappa shape index (κ3) is 3.77. The second kappa shape index (κ2) is 7.89. The molecular weight excluding hydrogens is 364 g/mol. The number of pyridine rings is 1. The van der Waals surface area contributed by atoms with E-state index in [9.17, 15) is 9.90 Å². The van der Waals surface area contributed by atoms with Crippen molar-refractivity contribution in [2.75, 3.05) is 7.11 Å². The molecule has 0 unspecified atom stereocenters. The molecule has 146 valence electrons. The van der Waals surface area contributed by atoms with E-state index in [0.29, 0.717) is 17.5 Å². The first-order valence-corrected chi connectivity index (χ1v) is 9.44. The molecule has 4 rings (SSSR count). The summed E-state index contributed by atoms with van der Waals surface area (Å²) in [5.41, 5.74) is 7.19. The van der Waals surface area contributed by atoms with E-state index in [-0.39, 0.29) is 6.61 Å². The van der Waals surface area contributed by atoms with E-state index in [1.165, 1.54) is 7.11 Å². The summed E-state index contributed by atoms with van der Waals surface area (Å²) in [7, 11) is 1.36. The molecule has 0 amide bonds. The van der Waals surface area contributed by atoms with Crippen molar-refractivity contribution in [3.63, 3.8) is 0 Å². The van der Waals surface area contributed by atoms with Gasteiger partial charge in [0.15, 0.2) is 0 Å². The number of nitrogens with zero attached hydrogens (tertiary/aromatic N) is 2. The van der Waals surface area contributed by atoms with Crippen LogP contribution in [0.15, 0.2) is 66.9 Å². The Morgan fingerprint density at radius 1 is 1.07 bits per heavy atom. The fraction of sp³-hybridized carbons (Fsp3) is 0.167. The number of esters is 1. The van der Waals surface area contributed by atoms with Crippen LogP contribution in [0.1, 0.15) is 32.6 Å². The monoisotopic (exact) mass is 386 g/mol. The molecule has 4 aromatic rings. The van der Waals surface area contributed by atoms with Crippen LogP contribution in [0, 0.1) is 6.92 Å². The van der Waals surface area contributed by atoms with Crippen LogP contribution in [-0.4, -0.2) is 27.8 Å². The first kappa shape index (κ1) is 18.9. The Hall–Kier alpha value is -3.44. The van der Waals surface area contributed by atoms with Gasteiger partial charge in [-0.1, -0.05) is 42.5 Å². The van der Waals surface area contributed by atoms with Crippen LogP contribution in [0.3, 0.4) is 0 Å². The number of methoxy groups -OCH3 is 1. The van der Waals surface area contributed by atoms with Gasteiger partial charge < -0.3 is 9.84 Å². The fourth-order valence-corrected chi connectivity index (χ4v) is 3.60. The molecule has 29 heavy (non-hydrogen) atoms. The maximum atomic E-state index is 12.1. The third-order valence-corrected chi connectivity index (χ3v) is 4.96. The van der Waals surface area contributed by atoms with Crippen LogP contribution >= 0.6 is 0 Å². The number of ether oxygens (including phenoxy) is 1. The van der Waals surface area contributed by atoms with Gasteiger partial charge in [-0.25, -0.2) is 9.31 Å². The molecule has 0 radical (unpaired) electrons. The van der Waals surface area contributed by atoms with Gasteiger partial charge in [0.25, 0.3) is 0 Å². The number of hydrogen-bond acceptors (Lipinski definition) is 4. The molecule has 5 heteroatoms. The molecule has 0 bridgehead atoms. The Morgan fingerprint density at radius 2 is 1.83 bits per heavy atom. The fourth-order valence-electron chi connectivity index (χ4n) is 3.60. The molecule has 2 aromatic heterocycles. The maximum absolute atomic E-state index is 12.1. The van der Waals surface area contributed by atoms with Crippen LogP contribution < -0.4 is 0 Å². The van der Waals surface area contributed by atoms with Gasteiger partial charge in [0.05, 0.1) is 30.5 Å². The van der Waals surface area contributed by atoms with E-state index in [1.54, 1.807) is 6.07 Å². The van der Waals surface area contributed by atoms with Crippen LogP contribution in [0.5, 0.6) is 0 Å². The number of benzene rings is 2. The number of aliphatic hydroxyl groups is 1. The second-order valence-corrected chi connectivity index (χ2v) is 7.09. The third-order valence-electron chi connectivity index (χ3n) is 4.96. The molecule has 0 spiro atoms. The SMILES string of the molecule is COC(=O)c1cc(CO)cc(Cc2c(-c3ccccc3)nn3cc(C)ccc23)c1. The van der Waals surface area contributed by atoms with Crippen molar-refractivity contribution in [2.24, 2.45) is 0 Å². The Kier molecular flexibility index (Phi) is 5.14. The summed E-state index contributed by atoms with van der Waals surface area (Å²) in [5, 5.41) is 14.5. The summed E-state index contributed by atoms with van der Waals surface area (Å²) < 4.78 is 6.77. The molecule has 0 fully saturated rings. The zero-order valence-corrected chi connectivity index (χ0v) is 16.4. The number of carbonyl (C=O) groups is 1. The molecule has 0 aliphatic rings. The lowest BCUT2D eigenvalue weighted by molar-refractivity contribution is 0.0600. The van der Waals surface area contributed by atoms with E-state index in [0.717, 1.165) is 33.5 Å². The number of aromatic nitrogens is 2. The molecule has 0 atom stereocenters. The van der Waals surface area contributed by atoms with E-state index in [4.69, 9.17) is 9.84 Å². The number of hydrogen-bond donors (Lipinski definition) is 1. The average Bonchev–Trinajstić information content (AvgIpc) is 3.10. The van der Waals surface area contributed by atoms with E-state index in [2.05, 4.69) is 12.1 Å². The Balaban J connectivity index is 1.87. The average molecular weight is 386 g/mol. The first-order chi connectivity index (χ1) is 14.1. The lowest BCUT2D eigenvalue weighted by Crippen LogP contribution is -2.04. The number of rotatable bonds is 5. The molecule has 0 aliphatic carbocycles. The molecule has 2 aromatic carbocycles. The molecule has 0 aliphatic heterocycles. The molecule has 2 heterocycles. The van der Waals surface area contributed by atoms with Gasteiger partial charge in [0, 0.05) is 23.7 Å². The summed E-state index contributed by atoms with van der Waals surface area (Å²) in [6.07, 6.45) is 2.59. The molecule has 0 saturated heterocycles. The van der Waals surface area contributed by atoms with Crippen molar-refractivity contribution in [3.05, 3.63) is 94.7 Å². The Bertz CT molecular complexity index is 1180. The molecule has 5 nitrogen and oxygen atoms in total. The van der Waals surface area contributed by atoms with Crippen LogP contribution in [0.4, 0.5) is 0 Å². The second-order valence-electron chi connectivity index (χ2n) is 7.09. The highest BCUT2D eigenvalue weighted by Crippen LogP contribution is 2.29. The predicted molar refractivity (Wildman–Crippen MR) is 112 cm³/mol. The van der Waals surface area contributed by atoms with Crippen molar-refractivity contribution >= 4 is 11.5 Å². The van der Waals surface area contributed by atoms with Crippen molar-refractivity contribution in [1.29, 1.82) is 0 Å². The van der Waals surface area contributed by atoms with E-state index in [1.807, 2.05) is 60.1 Å². The normalized spacial score (nSPS) is 11.0. The van der Waals surface area contributed by atoms with E-state index < -0.39 is 5.97 Å². The van der Waals surface area contributed by atoms with Gasteiger partial charge >= 0.3 is 5.97 Å². The van der Waals surface area contributed by atoms with Gasteiger partial charge in [0.2, 0.25) is 0 Å². The summed E-state index contributed by atoms with van der Waals surface area (Å²) in [6, 6.07) is 19.6. The zero-order valence-electron chi connectivity index (χ0n) is 16.4. The van der Waals surface area contributed by atoms with Crippen LogP contribution in [0.25, 0.3) is 16.8 Å². The Morgan fingerprint density at radius 3 is 2.55 bits per heavy atom. The zero-order chi connectivity index (χ0) is 20.4. The minimum absolute atomic E-state index is 0.142. The largest absolute Gasteiger partial charge is 0.465 e. The molecule has 0 saturated carbocycles. The Labute approximate surface area is 169 Å². The molecule has 1 N–H and O–H groups in total. The van der Waals surface area contributed by atoms with Crippen molar-refractivity contribution in [2.45, 2.75) is 20.0 Å². The number of fused-ring (bicyclic) bond motifs is 1. The summed E-state index contributed by atoms with van der Waals surface area (Å²) in [4.78, 5) is 12.1. The highest BCUT2D eigenvalue weighted by molar-refractivity contribution is 5.89. The smallest absolute Gasteiger partial charge is 0.337 e. The standard InChI is InChI=1S/C24H22N2O3/c1-16-8-9-22-21(23(25-26(22)14-16)19-6-4-3-5-7-19)13-17-10-18(15-27)12-20(11-17)24(28)29-2/h3-12,14,27H,13,15H2,1-2H3. The van der Waals surface area contributed by atoms with Crippen molar-refractivity contribution < 1.29 is 14.6 Å². The van der Waals surface area contributed by atoms with Gasteiger partial charge in [0.1, 0.15) is 0 Å². The minimum Gasteiger partial charge on any atom is -0.465 e. The highest BCUT2D eigenvalue weighted by Gasteiger charge is 2.17.